The van der Waals surface area contributed by atoms with Crippen LogP contribution in [0.2, 0.25) is 5.15 Å². The van der Waals surface area contributed by atoms with E-state index in [-0.39, 0.29) is 0 Å². The van der Waals surface area contributed by atoms with E-state index in [0.717, 1.165) is 34.6 Å². The quantitative estimate of drug-likeness (QED) is 0.547. The SMILES string of the molecule is CCCc1cc(Cl)nc(CSc2ccccc2Br)n1. The van der Waals surface area contributed by atoms with Gasteiger partial charge in [0.05, 0.1) is 5.75 Å². The fourth-order valence-electron chi connectivity index (χ4n) is 1.67. The second-order valence-electron chi connectivity index (χ2n) is 4.07. The van der Waals surface area contributed by atoms with Gasteiger partial charge in [-0.05, 0) is 40.5 Å². The summed E-state index contributed by atoms with van der Waals surface area (Å²) in [6, 6.07) is 9.98. The maximum atomic E-state index is 6.03. The summed E-state index contributed by atoms with van der Waals surface area (Å²) >= 11 is 11.3. The molecule has 2 aromatic rings. The maximum Gasteiger partial charge on any atom is 0.140 e. The van der Waals surface area contributed by atoms with Gasteiger partial charge in [0.1, 0.15) is 11.0 Å². The van der Waals surface area contributed by atoms with E-state index in [0.29, 0.717) is 5.15 Å². The Hall–Kier alpha value is -0.580. The van der Waals surface area contributed by atoms with Crippen molar-refractivity contribution < 1.29 is 0 Å². The average molecular weight is 358 g/mol. The van der Waals surface area contributed by atoms with E-state index in [2.05, 4.69) is 38.9 Å². The van der Waals surface area contributed by atoms with Gasteiger partial charge in [-0.25, -0.2) is 9.97 Å². The summed E-state index contributed by atoms with van der Waals surface area (Å²) in [5.74, 6) is 1.51. The molecule has 0 fully saturated rings. The minimum atomic E-state index is 0.529. The Bertz CT molecular complexity index is 563. The Kier molecular flexibility index (Phi) is 5.67. The van der Waals surface area contributed by atoms with Crippen LogP contribution in [0, 0.1) is 0 Å². The van der Waals surface area contributed by atoms with Crippen LogP contribution in [0.3, 0.4) is 0 Å². The predicted molar refractivity (Wildman–Crippen MR) is 84.7 cm³/mol. The van der Waals surface area contributed by atoms with Crippen LogP contribution in [-0.4, -0.2) is 9.97 Å². The number of nitrogens with zero attached hydrogens (tertiary/aromatic N) is 2. The van der Waals surface area contributed by atoms with Crippen LogP contribution in [0.25, 0.3) is 0 Å². The van der Waals surface area contributed by atoms with Gasteiger partial charge in [0.25, 0.3) is 0 Å². The van der Waals surface area contributed by atoms with E-state index in [1.54, 1.807) is 11.8 Å². The van der Waals surface area contributed by atoms with Crippen LogP contribution in [0.5, 0.6) is 0 Å². The number of halogens is 2. The molecule has 0 N–H and O–H groups in total. The minimum absolute atomic E-state index is 0.529. The molecule has 2 rings (SSSR count). The second kappa shape index (κ2) is 7.27. The van der Waals surface area contributed by atoms with E-state index >= 15 is 0 Å². The van der Waals surface area contributed by atoms with Gasteiger partial charge < -0.3 is 0 Å². The highest BCUT2D eigenvalue weighted by Gasteiger charge is 2.05. The molecule has 0 aliphatic rings. The molecule has 100 valence electrons. The monoisotopic (exact) mass is 356 g/mol. The van der Waals surface area contributed by atoms with Crippen LogP contribution in [0.4, 0.5) is 0 Å². The maximum absolute atomic E-state index is 6.03. The van der Waals surface area contributed by atoms with Crippen LogP contribution >= 0.6 is 39.3 Å². The van der Waals surface area contributed by atoms with Gasteiger partial charge in [-0.15, -0.1) is 11.8 Å². The molecule has 0 amide bonds. The summed E-state index contributed by atoms with van der Waals surface area (Å²) in [6.45, 7) is 2.13. The van der Waals surface area contributed by atoms with Crippen molar-refractivity contribution in [2.45, 2.75) is 30.4 Å². The summed E-state index contributed by atoms with van der Waals surface area (Å²) in [7, 11) is 0. The van der Waals surface area contributed by atoms with Crippen molar-refractivity contribution in [3.63, 3.8) is 0 Å². The minimum Gasteiger partial charge on any atom is -0.237 e. The van der Waals surface area contributed by atoms with Crippen LogP contribution < -0.4 is 0 Å². The van der Waals surface area contributed by atoms with Gasteiger partial charge in [0.2, 0.25) is 0 Å². The molecule has 1 heterocycles. The van der Waals surface area contributed by atoms with E-state index in [9.17, 15) is 0 Å². The summed E-state index contributed by atoms with van der Waals surface area (Å²) in [4.78, 5) is 10.00. The van der Waals surface area contributed by atoms with Gasteiger partial charge in [-0.3, -0.25) is 0 Å². The van der Waals surface area contributed by atoms with Crippen molar-refractivity contribution >= 4 is 39.3 Å². The molecule has 0 radical (unpaired) electrons. The first kappa shape index (κ1) is 14.8. The van der Waals surface area contributed by atoms with Crippen molar-refractivity contribution in [1.82, 2.24) is 9.97 Å². The largest absolute Gasteiger partial charge is 0.237 e. The Morgan fingerprint density at radius 2 is 2.05 bits per heavy atom. The molecule has 2 nitrogen and oxygen atoms in total. The first-order chi connectivity index (χ1) is 9.19. The Morgan fingerprint density at radius 3 is 2.79 bits per heavy atom. The number of aryl methyl sites for hydroxylation is 1. The molecule has 0 atom stereocenters. The van der Waals surface area contributed by atoms with Crippen LogP contribution in [0.1, 0.15) is 24.9 Å². The molecule has 5 heteroatoms. The Labute approximate surface area is 131 Å². The standard InChI is InChI=1S/C14H14BrClN2S/c1-2-5-10-8-13(16)18-14(17-10)9-19-12-7-4-3-6-11(12)15/h3-4,6-8H,2,5,9H2,1H3. The zero-order valence-electron chi connectivity index (χ0n) is 10.6. The topological polar surface area (TPSA) is 25.8 Å². The molecule has 0 aliphatic carbocycles. The molecule has 0 bridgehead atoms. The third-order valence-electron chi connectivity index (χ3n) is 2.49. The van der Waals surface area contributed by atoms with Crippen molar-refractivity contribution in [1.29, 1.82) is 0 Å². The molecule has 0 spiro atoms. The van der Waals surface area contributed by atoms with E-state index in [1.807, 2.05) is 24.3 Å². The van der Waals surface area contributed by atoms with Crippen LogP contribution in [-0.2, 0) is 12.2 Å². The lowest BCUT2D eigenvalue weighted by atomic mass is 10.2. The molecular weight excluding hydrogens is 344 g/mol. The van der Waals surface area contributed by atoms with Crippen molar-refractivity contribution in [2.24, 2.45) is 0 Å². The van der Waals surface area contributed by atoms with Gasteiger partial charge >= 0.3 is 0 Å². The van der Waals surface area contributed by atoms with Crippen molar-refractivity contribution in [3.8, 4) is 0 Å². The van der Waals surface area contributed by atoms with Crippen molar-refractivity contribution in [3.05, 3.63) is 51.5 Å². The van der Waals surface area contributed by atoms with E-state index in [1.165, 1.54) is 4.90 Å². The third kappa shape index (κ3) is 4.48. The number of hydrogen-bond acceptors (Lipinski definition) is 3. The molecule has 0 saturated carbocycles. The van der Waals surface area contributed by atoms with Crippen molar-refractivity contribution in [2.75, 3.05) is 0 Å². The lowest BCUT2D eigenvalue weighted by Crippen LogP contribution is -1.98. The summed E-state index contributed by atoms with van der Waals surface area (Å²) in [6.07, 6.45) is 2.00. The van der Waals surface area contributed by atoms with Gasteiger partial charge in [-0.1, -0.05) is 37.1 Å². The summed E-state index contributed by atoms with van der Waals surface area (Å²) in [5.41, 5.74) is 1.02. The predicted octanol–water partition coefficient (Wildman–Crippen LogP) is 5.14. The summed E-state index contributed by atoms with van der Waals surface area (Å²) < 4.78 is 1.09. The molecule has 0 aliphatic heterocycles. The lowest BCUT2D eigenvalue weighted by molar-refractivity contribution is 0.853. The van der Waals surface area contributed by atoms with Crippen LogP contribution in [0.15, 0.2) is 39.7 Å². The summed E-state index contributed by atoms with van der Waals surface area (Å²) in [5, 5.41) is 0.529. The molecule has 0 unspecified atom stereocenters. The van der Waals surface area contributed by atoms with Gasteiger partial charge in [-0.2, -0.15) is 0 Å². The molecule has 19 heavy (non-hydrogen) atoms. The highest BCUT2D eigenvalue weighted by molar-refractivity contribution is 9.10. The smallest absolute Gasteiger partial charge is 0.140 e. The highest BCUT2D eigenvalue weighted by Crippen LogP contribution is 2.29. The molecule has 1 aromatic carbocycles. The fraction of sp³-hybridized carbons (Fsp3) is 0.286. The zero-order chi connectivity index (χ0) is 13.7. The van der Waals surface area contributed by atoms with Gasteiger partial charge in [0.15, 0.2) is 0 Å². The van der Waals surface area contributed by atoms with E-state index in [4.69, 9.17) is 11.6 Å². The highest BCUT2D eigenvalue weighted by atomic mass is 79.9. The third-order valence-corrected chi connectivity index (χ3v) is 4.71. The number of thioether (sulfide) groups is 1. The first-order valence-corrected chi connectivity index (χ1v) is 8.24. The van der Waals surface area contributed by atoms with E-state index < -0.39 is 0 Å². The number of rotatable bonds is 5. The number of benzene rings is 1. The number of aromatic nitrogens is 2. The first-order valence-electron chi connectivity index (χ1n) is 6.08. The Balaban J connectivity index is 2.09. The fourth-order valence-corrected chi connectivity index (χ4v) is 3.32. The Morgan fingerprint density at radius 1 is 1.26 bits per heavy atom. The zero-order valence-corrected chi connectivity index (χ0v) is 13.7. The van der Waals surface area contributed by atoms with Gasteiger partial charge in [0, 0.05) is 15.1 Å². The second-order valence-corrected chi connectivity index (χ2v) is 6.33. The number of hydrogen-bond donors (Lipinski definition) is 0. The lowest BCUT2D eigenvalue weighted by Gasteiger charge is -2.05. The molecular formula is C14H14BrClN2S. The normalized spacial score (nSPS) is 10.7. The average Bonchev–Trinajstić information content (AvgIpc) is 2.37. The molecule has 0 saturated heterocycles. The molecule has 1 aromatic heterocycles.